The predicted octanol–water partition coefficient (Wildman–Crippen LogP) is 3.63. The summed E-state index contributed by atoms with van der Waals surface area (Å²) in [7, 11) is 0. The number of ether oxygens (including phenoxy) is 4. The van der Waals surface area contributed by atoms with E-state index in [-0.39, 0.29) is 25.9 Å². The minimum atomic E-state index is -0.451. The largest absolute Gasteiger partial charge is 0.490 e. The molecule has 0 spiro atoms. The Morgan fingerprint density at radius 2 is 1.83 bits per heavy atom. The number of amides is 2. The highest BCUT2D eigenvalue weighted by molar-refractivity contribution is 6.04. The van der Waals surface area contributed by atoms with Crippen LogP contribution in [0.25, 0.3) is 0 Å². The van der Waals surface area contributed by atoms with E-state index in [4.69, 9.17) is 24.2 Å². The van der Waals surface area contributed by atoms with Crippen LogP contribution < -0.4 is 29.6 Å². The Kier molecular flexibility index (Phi) is 7.33. The highest BCUT2D eigenvalue weighted by atomic mass is 16.7. The molecule has 9 nitrogen and oxygen atoms in total. The van der Waals surface area contributed by atoms with Crippen molar-refractivity contribution in [3.8, 4) is 29.1 Å². The van der Waals surface area contributed by atoms with Gasteiger partial charge < -0.3 is 29.6 Å². The molecule has 1 aliphatic rings. The number of nitriles is 1. The average Bonchev–Trinajstić information content (AvgIpc) is 3.35. The van der Waals surface area contributed by atoms with Crippen LogP contribution in [0.15, 0.2) is 60.7 Å². The zero-order valence-corrected chi connectivity index (χ0v) is 19.0. The van der Waals surface area contributed by atoms with Crippen LogP contribution >= 0.6 is 0 Å². The summed E-state index contributed by atoms with van der Waals surface area (Å²) >= 11 is 0. The van der Waals surface area contributed by atoms with E-state index in [1.807, 2.05) is 25.1 Å². The van der Waals surface area contributed by atoms with Gasteiger partial charge in [-0.25, -0.2) is 0 Å². The predicted molar refractivity (Wildman–Crippen MR) is 127 cm³/mol. The molecule has 0 radical (unpaired) electrons. The first-order chi connectivity index (χ1) is 17.1. The summed E-state index contributed by atoms with van der Waals surface area (Å²) in [5.74, 6) is 1.24. The van der Waals surface area contributed by atoms with Gasteiger partial charge in [0.05, 0.1) is 29.5 Å². The Balaban J connectivity index is 1.37. The Morgan fingerprint density at radius 1 is 1.00 bits per heavy atom. The molecule has 0 atom stereocenters. The average molecular weight is 473 g/mol. The van der Waals surface area contributed by atoms with Crippen molar-refractivity contribution in [3.63, 3.8) is 0 Å². The van der Waals surface area contributed by atoms with Crippen molar-refractivity contribution in [1.29, 1.82) is 5.26 Å². The third-order valence-electron chi connectivity index (χ3n) is 5.07. The fourth-order valence-corrected chi connectivity index (χ4v) is 3.41. The van der Waals surface area contributed by atoms with Crippen molar-refractivity contribution in [2.75, 3.05) is 25.3 Å². The zero-order chi connectivity index (χ0) is 24.6. The number of anilines is 1. The van der Waals surface area contributed by atoms with Crippen LogP contribution in [0.3, 0.4) is 0 Å². The van der Waals surface area contributed by atoms with E-state index < -0.39 is 5.91 Å². The van der Waals surface area contributed by atoms with Crippen molar-refractivity contribution in [2.24, 2.45) is 0 Å². The van der Waals surface area contributed by atoms with E-state index in [2.05, 4.69) is 10.6 Å². The summed E-state index contributed by atoms with van der Waals surface area (Å²) in [5, 5.41) is 14.6. The van der Waals surface area contributed by atoms with Crippen LogP contribution in [0.2, 0.25) is 0 Å². The molecule has 0 aromatic heterocycles. The molecule has 0 unspecified atom stereocenters. The summed E-state index contributed by atoms with van der Waals surface area (Å²) in [5.41, 5.74) is 1.94. The maximum Gasteiger partial charge on any atom is 0.262 e. The van der Waals surface area contributed by atoms with E-state index in [1.165, 1.54) is 0 Å². The van der Waals surface area contributed by atoms with Crippen LogP contribution in [0, 0.1) is 11.3 Å². The number of para-hydroxylation sites is 1. The molecule has 0 bridgehead atoms. The quantitative estimate of drug-likeness (QED) is 0.487. The van der Waals surface area contributed by atoms with E-state index in [0.717, 1.165) is 5.56 Å². The molecule has 178 valence electrons. The number of nitrogens with zero attached hydrogens (tertiary/aromatic N) is 1. The lowest BCUT2D eigenvalue weighted by Crippen LogP contribution is -2.26. The van der Waals surface area contributed by atoms with Crippen LogP contribution in [0.1, 0.15) is 28.4 Å². The number of carbonyl (C=O) groups excluding carboxylic acids is 2. The molecule has 3 aromatic carbocycles. The van der Waals surface area contributed by atoms with Crippen LogP contribution in [0.4, 0.5) is 5.69 Å². The lowest BCUT2D eigenvalue weighted by molar-refractivity contribution is -0.118. The molecule has 0 fully saturated rings. The van der Waals surface area contributed by atoms with Crippen LogP contribution in [-0.2, 0) is 11.3 Å². The highest BCUT2D eigenvalue weighted by Gasteiger charge is 2.16. The molecule has 0 saturated heterocycles. The van der Waals surface area contributed by atoms with Gasteiger partial charge in [-0.3, -0.25) is 9.59 Å². The van der Waals surface area contributed by atoms with Gasteiger partial charge in [0.2, 0.25) is 6.79 Å². The van der Waals surface area contributed by atoms with Gasteiger partial charge in [0.25, 0.3) is 11.8 Å². The van der Waals surface area contributed by atoms with Gasteiger partial charge in [0.15, 0.2) is 29.6 Å². The smallest absolute Gasteiger partial charge is 0.262 e. The van der Waals surface area contributed by atoms with E-state index in [0.29, 0.717) is 46.4 Å². The molecule has 0 aliphatic carbocycles. The monoisotopic (exact) mass is 473 g/mol. The van der Waals surface area contributed by atoms with Gasteiger partial charge >= 0.3 is 0 Å². The fraction of sp³-hybridized carbons (Fsp3) is 0.192. The zero-order valence-electron chi connectivity index (χ0n) is 19.0. The minimum Gasteiger partial charge on any atom is -0.490 e. The summed E-state index contributed by atoms with van der Waals surface area (Å²) in [6.45, 7) is 2.34. The van der Waals surface area contributed by atoms with Crippen LogP contribution in [0.5, 0.6) is 23.0 Å². The Labute approximate surface area is 202 Å². The summed E-state index contributed by atoms with van der Waals surface area (Å²) < 4.78 is 21.8. The first kappa shape index (κ1) is 23.4. The van der Waals surface area contributed by atoms with Crippen molar-refractivity contribution < 1.29 is 28.5 Å². The number of nitrogens with one attached hydrogen (secondary N) is 2. The van der Waals surface area contributed by atoms with Gasteiger partial charge in [0, 0.05) is 12.6 Å². The maximum absolute atomic E-state index is 12.8. The van der Waals surface area contributed by atoms with E-state index >= 15 is 0 Å². The second-order valence-electron chi connectivity index (χ2n) is 7.46. The topological polar surface area (TPSA) is 119 Å². The third-order valence-corrected chi connectivity index (χ3v) is 5.07. The second kappa shape index (κ2) is 10.9. The molecule has 2 amide bonds. The van der Waals surface area contributed by atoms with Crippen molar-refractivity contribution in [2.45, 2.75) is 13.5 Å². The molecule has 4 rings (SSSR count). The molecule has 0 saturated carbocycles. The number of fused-ring (bicyclic) bond motifs is 1. The minimum absolute atomic E-state index is 0.181. The number of carbonyl (C=O) groups is 2. The molecule has 1 heterocycles. The highest BCUT2D eigenvalue weighted by Crippen LogP contribution is 2.32. The number of rotatable bonds is 9. The summed E-state index contributed by atoms with van der Waals surface area (Å²) in [6, 6.07) is 18.9. The van der Waals surface area contributed by atoms with Gasteiger partial charge in [0.1, 0.15) is 0 Å². The molecular weight excluding hydrogens is 450 g/mol. The lowest BCUT2D eigenvalue weighted by atomic mass is 10.1. The molecule has 1 aliphatic heterocycles. The Bertz CT molecular complexity index is 1280. The number of benzene rings is 3. The standard InChI is InChI=1S/C26H23N3O6/c1-2-32-23-11-17(13-27)7-9-21(23)33-15-25(30)29-20-6-4-3-5-19(20)26(31)28-14-18-8-10-22-24(12-18)35-16-34-22/h3-12H,2,14-16H2,1H3,(H,28,31)(H,29,30). The number of hydrogen-bond acceptors (Lipinski definition) is 7. The number of hydrogen-bond donors (Lipinski definition) is 2. The SMILES string of the molecule is CCOc1cc(C#N)ccc1OCC(=O)Nc1ccccc1C(=O)NCc1ccc2c(c1)OCO2. The first-order valence-corrected chi connectivity index (χ1v) is 10.9. The summed E-state index contributed by atoms with van der Waals surface area (Å²) in [4.78, 5) is 25.4. The van der Waals surface area contributed by atoms with Gasteiger partial charge in [-0.05, 0) is 48.9 Å². The van der Waals surface area contributed by atoms with Crippen molar-refractivity contribution in [1.82, 2.24) is 5.32 Å². The lowest BCUT2D eigenvalue weighted by Gasteiger charge is -2.14. The molecule has 2 N–H and O–H groups in total. The van der Waals surface area contributed by atoms with Gasteiger partial charge in [-0.15, -0.1) is 0 Å². The summed E-state index contributed by atoms with van der Waals surface area (Å²) in [6.07, 6.45) is 0. The van der Waals surface area contributed by atoms with Crippen LogP contribution in [-0.4, -0.2) is 31.8 Å². The van der Waals surface area contributed by atoms with Crippen molar-refractivity contribution >= 4 is 17.5 Å². The van der Waals surface area contributed by atoms with Gasteiger partial charge in [-0.1, -0.05) is 18.2 Å². The van der Waals surface area contributed by atoms with Crippen molar-refractivity contribution in [3.05, 3.63) is 77.4 Å². The molecule has 35 heavy (non-hydrogen) atoms. The normalized spacial score (nSPS) is 11.3. The Hall–Kier alpha value is -4.71. The first-order valence-electron chi connectivity index (χ1n) is 10.9. The molecular formula is C26H23N3O6. The Morgan fingerprint density at radius 3 is 2.66 bits per heavy atom. The molecule has 3 aromatic rings. The second-order valence-corrected chi connectivity index (χ2v) is 7.46. The fourth-order valence-electron chi connectivity index (χ4n) is 3.41. The molecule has 9 heteroatoms. The van der Waals surface area contributed by atoms with Gasteiger partial charge in [-0.2, -0.15) is 5.26 Å². The van der Waals surface area contributed by atoms with E-state index in [1.54, 1.807) is 48.5 Å². The maximum atomic E-state index is 12.8. The van der Waals surface area contributed by atoms with E-state index in [9.17, 15) is 9.59 Å². The third kappa shape index (κ3) is 5.81.